The van der Waals surface area contributed by atoms with E-state index >= 15 is 0 Å². The number of rotatable bonds is 4. The van der Waals surface area contributed by atoms with E-state index in [9.17, 15) is 4.79 Å². The third kappa shape index (κ3) is 3.92. The summed E-state index contributed by atoms with van der Waals surface area (Å²) in [7, 11) is 1.95. The Balaban J connectivity index is 0.00000192. The number of fused-ring (bicyclic) bond motifs is 1. The van der Waals surface area contributed by atoms with Gasteiger partial charge < -0.3 is 11.1 Å². The lowest BCUT2D eigenvalue weighted by molar-refractivity contribution is -0.122. The summed E-state index contributed by atoms with van der Waals surface area (Å²) in [5, 5.41) is 7.42. The van der Waals surface area contributed by atoms with Crippen molar-refractivity contribution in [1.82, 2.24) is 15.1 Å². The molecule has 0 fully saturated rings. The van der Waals surface area contributed by atoms with Crippen molar-refractivity contribution >= 4 is 18.3 Å². The molecular formula is C17H23ClN4O. The molecule has 2 aromatic rings. The molecule has 0 spiro atoms. The Morgan fingerprint density at radius 2 is 2.17 bits per heavy atom. The molecular weight excluding hydrogens is 312 g/mol. The normalized spacial score (nSPS) is 17.7. The van der Waals surface area contributed by atoms with Crippen LogP contribution in [0.25, 0.3) is 0 Å². The first-order valence-corrected chi connectivity index (χ1v) is 7.76. The lowest BCUT2D eigenvalue weighted by Crippen LogP contribution is -2.33. The molecule has 0 radical (unpaired) electrons. The van der Waals surface area contributed by atoms with Gasteiger partial charge in [0.15, 0.2) is 0 Å². The highest BCUT2D eigenvalue weighted by molar-refractivity contribution is 5.85. The Morgan fingerprint density at radius 1 is 1.43 bits per heavy atom. The predicted molar refractivity (Wildman–Crippen MR) is 92.3 cm³/mol. The van der Waals surface area contributed by atoms with E-state index in [-0.39, 0.29) is 30.4 Å². The van der Waals surface area contributed by atoms with Gasteiger partial charge in [0, 0.05) is 30.8 Å². The number of benzene rings is 1. The minimum absolute atomic E-state index is 0. The van der Waals surface area contributed by atoms with Crippen LogP contribution in [0, 0.1) is 0 Å². The maximum Gasteiger partial charge on any atom is 0.222 e. The smallest absolute Gasteiger partial charge is 0.222 e. The molecule has 0 saturated heterocycles. The van der Waals surface area contributed by atoms with Crippen molar-refractivity contribution in [3.8, 4) is 0 Å². The van der Waals surface area contributed by atoms with Crippen molar-refractivity contribution in [3.05, 3.63) is 53.3 Å². The van der Waals surface area contributed by atoms with E-state index in [2.05, 4.69) is 10.4 Å². The summed E-state index contributed by atoms with van der Waals surface area (Å²) in [5.74, 6) is -0.00180. The molecule has 1 amide bonds. The van der Waals surface area contributed by atoms with Gasteiger partial charge in [0.2, 0.25) is 5.91 Å². The third-order valence-corrected chi connectivity index (χ3v) is 4.34. The van der Waals surface area contributed by atoms with Gasteiger partial charge in [0.25, 0.3) is 0 Å². The molecule has 1 aliphatic carbocycles. The zero-order valence-corrected chi connectivity index (χ0v) is 14.1. The van der Waals surface area contributed by atoms with E-state index < -0.39 is 0 Å². The molecule has 0 aliphatic heterocycles. The molecule has 5 nitrogen and oxygen atoms in total. The average molecular weight is 335 g/mol. The number of amides is 1. The van der Waals surface area contributed by atoms with Crippen LogP contribution in [0.15, 0.2) is 36.5 Å². The Bertz CT molecular complexity index is 656. The van der Waals surface area contributed by atoms with Gasteiger partial charge in [-0.15, -0.1) is 12.4 Å². The molecule has 0 saturated carbocycles. The summed E-state index contributed by atoms with van der Waals surface area (Å²) < 4.78 is 1.91. The van der Waals surface area contributed by atoms with Crippen molar-refractivity contribution in [2.24, 2.45) is 12.8 Å². The first-order chi connectivity index (χ1) is 10.6. The number of hydrogen-bond acceptors (Lipinski definition) is 3. The van der Waals surface area contributed by atoms with Crippen LogP contribution in [0.5, 0.6) is 0 Å². The Kier molecular flexibility index (Phi) is 5.80. The zero-order valence-electron chi connectivity index (χ0n) is 13.2. The van der Waals surface area contributed by atoms with Crippen LogP contribution in [0.1, 0.15) is 48.2 Å². The molecule has 3 rings (SSSR count). The first-order valence-electron chi connectivity index (χ1n) is 7.76. The van der Waals surface area contributed by atoms with Gasteiger partial charge in [-0.2, -0.15) is 5.10 Å². The number of halogens is 1. The van der Waals surface area contributed by atoms with Crippen molar-refractivity contribution < 1.29 is 4.79 Å². The minimum atomic E-state index is -0.266. The molecule has 124 valence electrons. The highest BCUT2D eigenvalue weighted by atomic mass is 35.5. The summed E-state index contributed by atoms with van der Waals surface area (Å²) >= 11 is 0. The second kappa shape index (κ2) is 7.62. The number of nitrogens with one attached hydrogen (secondary N) is 1. The second-order valence-electron chi connectivity index (χ2n) is 5.90. The van der Waals surface area contributed by atoms with Gasteiger partial charge in [-0.05, 0) is 24.8 Å². The van der Waals surface area contributed by atoms with E-state index in [4.69, 9.17) is 5.73 Å². The number of aryl methyl sites for hydroxylation is 1. The largest absolute Gasteiger partial charge is 0.349 e. The fraction of sp³-hybridized carbons (Fsp3) is 0.412. The highest BCUT2D eigenvalue weighted by Crippen LogP contribution is 2.29. The average Bonchev–Trinajstić information content (AvgIpc) is 2.91. The van der Waals surface area contributed by atoms with E-state index in [0.29, 0.717) is 6.42 Å². The maximum absolute atomic E-state index is 12.3. The van der Waals surface area contributed by atoms with Crippen LogP contribution in [0.4, 0.5) is 0 Å². The van der Waals surface area contributed by atoms with Crippen molar-refractivity contribution in [1.29, 1.82) is 0 Å². The summed E-state index contributed by atoms with van der Waals surface area (Å²) in [5.41, 5.74) is 9.49. The Morgan fingerprint density at radius 3 is 2.91 bits per heavy atom. The number of nitrogens with zero attached hydrogens (tertiary/aromatic N) is 2. The zero-order chi connectivity index (χ0) is 15.5. The fourth-order valence-electron chi connectivity index (χ4n) is 3.13. The SMILES string of the molecule is Cl.Cn1ncc2c1CCCC2NC(=O)CC(N)c1ccccc1. The molecule has 1 heterocycles. The molecule has 2 unspecified atom stereocenters. The van der Waals surface area contributed by atoms with Gasteiger partial charge in [0.05, 0.1) is 12.2 Å². The highest BCUT2D eigenvalue weighted by Gasteiger charge is 2.25. The standard InChI is InChI=1S/C17H22N4O.ClH/c1-21-16-9-5-8-15(13(16)11-19-21)20-17(22)10-14(18)12-6-3-2-4-7-12;/h2-4,6-7,11,14-15H,5,8-10,18H2,1H3,(H,20,22);1H. The van der Waals surface area contributed by atoms with Gasteiger partial charge in [-0.1, -0.05) is 30.3 Å². The lowest BCUT2D eigenvalue weighted by atomic mass is 9.92. The van der Waals surface area contributed by atoms with Crippen LogP contribution in [-0.2, 0) is 18.3 Å². The van der Waals surface area contributed by atoms with Crippen molar-refractivity contribution in [2.45, 2.75) is 37.8 Å². The lowest BCUT2D eigenvalue weighted by Gasteiger charge is -2.24. The van der Waals surface area contributed by atoms with Gasteiger partial charge >= 0.3 is 0 Å². The van der Waals surface area contributed by atoms with Crippen LogP contribution in [0.3, 0.4) is 0 Å². The Hall–Kier alpha value is -1.85. The molecule has 23 heavy (non-hydrogen) atoms. The molecule has 1 aromatic carbocycles. The molecule has 2 atom stereocenters. The topological polar surface area (TPSA) is 72.9 Å². The third-order valence-electron chi connectivity index (χ3n) is 4.34. The van der Waals surface area contributed by atoms with Crippen LogP contribution in [-0.4, -0.2) is 15.7 Å². The number of nitrogens with two attached hydrogens (primary N) is 1. The number of carbonyl (C=O) groups is 1. The number of hydrogen-bond donors (Lipinski definition) is 2. The summed E-state index contributed by atoms with van der Waals surface area (Å²) in [6.07, 6.45) is 5.24. The summed E-state index contributed by atoms with van der Waals surface area (Å²) in [6, 6.07) is 9.54. The quantitative estimate of drug-likeness (QED) is 0.902. The molecule has 6 heteroatoms. The van der Waals surface area contributed by atoms with Crippen molar-refractivity contribution in [3.63, 3.8) is 0 Å². The maximum atomic E-state index is 12.3. The fourth-order valence-corrected chi connectivity index (χ4v) is 3.13. The minimum Gasteiger partial charge on any atom is -0.349 e. The van der Waals surface area contributed by atoms with Crippen LogP contribution in [0.2, 0.25) is 0 Å². The van der Waals surface area contributed by atoms with E-state index in [1.165, 1.54) is 5.69 Å². The molecule has 3 N–H and O–H groups in total. The van der Waals surface area contributed by atoms with Gasteiger partial charge in [0.1, 0.15) is 0 Å². The Labute approximate surface area is 142 Å². The summed E-state index contributed by atoms with van der Waals surface area (Å²) in [6.45, 7) is 0. The monoisotopic (exact) mass is 334 g/mol. The molecule has 1 aliphatic rings. The molecule has 1 aromatic heterocycles. The van der Waals surface area contributed by atoms with E-state index in [1.54, 1.807) is 0 Å². The number of aromatic nitrogens is 2. The van der Waals surface area contributed by atoms with E-state index in [0.717, 1.165) is 30.4 Å². The van der Waals surface area contributed by atoms with E-state index in [1.807, 2.05) is 48.3 Å². The van der Waals surface area contributed by atoms with Crippen LogP contribution >= 0.6 is 12.4 Å². The van der Waals surface area contributed by atoms with Crippen molar-refractivity contribution in [2.75, 3.05) is 0 Å². The molecule has 0 bridgehead atoms. The second-order valence-corrected chi connectivity index (χ2v) is 5.90. The van der Waals surface area contributed by atoms with Gasteiger partial charge in [-0.25, -0.2) is 0 Å². The predicted octanol–water partition coefficient (Wildman–Crippen LogP) is 2.43. The van der Waals surface area contributed by atoms with Gasteiger partial charge in [-0.3, -0.25) is 9.48 Å². The first kappa shape index (κ1) is 17.5. The number of carbonyl (C=O) groups excluding carboxylic acids is 1. The van der Waals surface area contributed by atoms with Crippen LogP contribution < -0.4 is 11.1 Å². The summed E-state index contributed by atoms with van der Waals surface area (Å²) in [4.78, 5) is 12.3.